The number of amides is 2. The monoisotopic (exact) mass is 501 g/mol. The number of rotatable bonds is 6. The van der Waals surface area contributed by atoms with Gasteiger partial charge in [0.15, 0.2) is 0 Å². The van der Waals surface area contributed by atoms with Crippen LogP contribution in [0.1, 0.15) is 65.2 Å². The van der Waals surface area contributed by atoms with Gasteiger partial charge in [-0.05, 0) is 61.8 Å². The molecule has 2 aliphatic carbocycles. The molecular weight excluding hydrogens is 478 g/mol. The van der Waals surface area contributed by atoms with Crippen molar-refractivity contribution >= 4 is 29.4 Å². The Hall–Kier alpha value is -3.77. The number of carbonyl (C=O) groups excluding carboxylic acids is 2. The molecule has 2 amide bonds. The van der Waals surface area contributed by atoms with Crippen LogP contribution in [0.2, 0.25) is 5.02 Å². The van der Waals surface area contributed by atoms with Crippen molar-refractivity contribution < 1.29 is 9.59 Å². The number of anilines is 1. The van der Waals surface area contributed by atoms with Crippen LogP contribution in [0.25, 0.3) is 0 Å². The summed E-state index contributed by atoms with van der Waals surface area (Å²) in [6.45, 7) is 2.66. The molecule has 2 saturated carbocycles. The third-order valence-corrected chi connectivity index (χ3v) is 7.85. The molecule has 9 nitrogen and oxygen atoms in total. The molecule has 2 aromatic heterocycles. The molecule has 3 aromatic rings. The summed E-state index contributed by atoms with van der Waals surface area (Å²) in [5, 5.41) is 17.4. The molecule has 0 bridgehead atoms. The summed E-state index contributed by atoms with van der Waals surface area (Å²) in [5.41, 5.74) is 2.88. The first-order valence-electron chi connectivity index (χ1n) is 12.1. The van der Waals surface area contributed by atoms with E-state index >= 15 is 0 Å². The van der Waals surface area contributed by atoms with Crippen LogP contribution in [-0.4, -0.2) is 44.1 Å². The van der Waals surface area contributed by atoms with E-state index in [1.807, 2.05) is 13.0 Å². The Morgan fingerprint density at radius 2 is 2.00 bits per heavy atom. The molecule has 3 atom stereocenters. The van der Waals surface area contributed by atoms with Crippen LogP contribution in [0.4, 0.5) is 5.95 Å². The molecule has 6 rings (SSSR count). The van der Waals surface area contributed by atoms with Crippen molar-refractivity contribution in [3.63, 3.8) is 0 Å². The zero-order chi connectivity index (χ0) is 25.0. The molecule has 3 fully saturated rings. The summed E-state index contributed by atoms with van der Waals surface area (Å²) in [6.07, 6.45) is 9.21. The number of nitrogens with zero attached hydrogens (tertiary/aromatic N) is 6. The molecule has 0 radical (unpaired) electrons. The molecule has 3 heterocycles. The van der Waals surface area contributed by atoms with Crippen LogP contribution in [0.3, 0.4) is 0 Å². The van der Waals surface area contributed by atoms with Gasteiger partial charge >= 0.3 is 0 Å². The van der Waals surface area contributed by atoms with Crippen LogP contribution >= 0.6 is 11.6 Å². The summed E-state index contributed by atoms with van der Waals surface area (Å²) >= 11 is 6.11. The van der Waals surface area contributed by atoms with Gasteiger partial charge < -0.3 is 5.32 Å². The second-order valence-electron chi connectivity index (χ2n) is 9.93. The Kier molecular flexibility index (Phi) is 5.49. The maximum absolute atomic E-state index is 12.8. The van der Waals surface area contributed by atoms with Gasteiger partial charge in [-0.3, -0.25) is 19.2 Å². The number of hydrogen-bond donors (Lipinski definition) is 1. The number of halogens is 1. The SMILES string of the molecule is CC(c1cnc(N2C[C@H]3C[C@H]3C2=O)nc1)n1cc(C(=O)NC2CC(c3cc(Cl)ccc3C#N)C2)cn1. The normalized spacial score (nSPS) is 25.0. The van der Waals surface area contributed by atoms with Crippen molar-refractivity contribution in [1.29, 1.82) is 5.26 Å². The lowest BCUT2D eigenvalue weighted by Crippen LogP contribution is -2.43. The Labute approximate surface area is 213 Å². The van der Waals surface area contributed by atoms with E-state index in [1.54, 1.807) is 46.5 Å². The first-order valence-corrected chi connectivity index (χ1v) is 12.5. The minimum Gasteiger partial charge on any atom is -0.349 e. The quantitative estimate of drug-likeness (QED) is 0.552. The first kappa shape index (κ1) is 22.7. The molecule has 10 heteroatoms. The minimum absolute atomic E-state index is 0.0362. The van der Waals surface area contributed by atoms with Crippen LogP contribution in [0.15, 0.2) is 43.0 Å². The summed E-state index contributed by atoms with van der Waals surface area (Å²) in [7, 11) is 0. The fourth-order valence-corrected chi connectivity index (χ4v) is 5.37. The summed E-state index contributed by atoms with van der Waals surface area (Å²) in [5.74, 6) is 1.23. The predicted octanol–water partition coefficient (Wildman–Crippen LogP) is 3.47. The highest BCUT2D eigenvalue weighted by atomic mass is 35.5. The molecule has 1 aromatic carbocycles. The Morgan fingerprint density at radius 3 is 2.69 bits per heavy atom. The van der Waals surface area contributed by atoms with E-state index in [4.69, 9.17) is 11.6 Å². The zero-order valence-electron chi connectivity index (χ0n) is 19.6. The summed E-state index contributed by atoms with van der Waals surface area (Å²) in [6, 6.07) is 7.38. The van der Waals surface area contributed by atoms with E-state index in [0.717, 1.165) is 30.4 Å². The molecule has 1 N–H and O–H groups in total. The van der Waals surface area contributed by atoms with Gasteiger partial charge in [-0.25, -0.2) is 9.97 Å². The molecular formula is C26H24ClN7O2. The van der Waals surface area contributed by atoms with Gasteiger partial charge in [0.1, 0.15) is 0 Å². The number of carbonyl (C=O) groups is 2. The predicted molar refractivity (Wildman–Crippen MR) is 131 cm³/mol. The van der Waals surface area contributed by atoms with Crippen LogP contribution < -0.4 is 10.2 Å². The van der Waals surface area contributed by atoms with Crippen LogP contribution in [-0.2, 0) is 4.79 Å². The number of benzene rings is 1. The summed E-state index contributed by atoms with van der Waals surface area (Å²) in [4.78, 5) is 35.5. The number of hydrogen-bond acceptors (Lipinski definition) is 6. The maximum atomic E-state index is 12.8. The van der Waals surface area contributed by atoms with Crippen molar-refractivity contribution in [3.8, 4) is 6.07 Å². The first-order chi connectivity index (χ1) is 17.4. The topological polar surface area (TPSA) is 117 Å². The Balaban J connectivity index is 1.06. The molecule has 3 aliphatic rings. The van der Waals surface area contributed by atoms with E-state index in [9.17, 15) is 14.9 Å². The number of nitrogens with one attached hydrogen (secondary N) is 1. The number of fused-ring (bicyclic) bond motifs is 1. The maximum Gasteiger partial charge on any atom is 0.254 e. The average Bonchev–Trinajstić information content (AvgIpc) is 3.32. The number of aromatic nitrogens is 4. The third-order valence-electron chi connectivity index (χ3n) is 7.61. The lowest BCUT2D eigenvalue weighted by Gasteiger charge is -2.36. The highest BCUT2D eigenvalue weighted by Gasteiger charge is 2.53. The van der Waals surface area contributed by atoms with Crippen molar-refractivity contribution in [2.24, 2.45) is 11.8 Å². The molecule has 1 unspecified atom stereocenters. The molecule has 0 spiro atoms. The van der Waals surface area contributed by atoms with Gasteiger partial charge in [0.25, 0.3) is 5.91 Å². The summed E-state index contributed by atoms with van der Waals surface area (Å²) < 4.78 is 1.71. The van der Waals surface area contributed by atoms with Crippen molar-refractivity contribution in [3.05, 3.63) is 70.3 Å². The van der Waals surface area contributed by atoms with Gasteiger partial charge in [-0.1, -0.05) is 11.6 Å². The Morgan fingerprint density at radius 1 is 1.22 bits per heavy atom. The largest absolute Gasteiger partial charge is 0.349 e. The molecule has 1 aliphatic heterocycles. The van der Waals surface area contributed by atoms with Gasteiger partial charge in [0.2, 0.25) is 11.9 Å². The molecule has 1 saturated heterocycles. The highest BCUT2D eigenvalue weighted by molar-refractivity contribution is 6.30. The van der Waals surface area contributed by atoms with E-state index in [1.165, 1.54) is 0 Å². The second kappa shape index (κ2) is 8.71. The van der Waals surface area contributed by atoms with E-state index in [-0.39, 0.29) is 35.7 Å². The van der Waals surface area contributed by atoms with Crippen LogP contribution in [0, 0.1) is 23.2 Å². The lowest BCUT2D eigenvalue weighted by molar-refractivity contribution is -0.118. The van der Waals surface area contributed by atoms with E-state index in [2.05, 4.69) is 26.5 Å². The van der Waals surface area contributed by atoms with Crippen molar-refractivity contribution in [2.45, 2.75) is 44.2 Å². The standard InChI is InChI=1S/C26H24ClN7O2/c1-14(18-9-29-26(30-10-18)33-12-17-6-23(17)25(33)36)34-13-19(11-31-34)24(35)32-21-4-16(5-21)22-7-20(27)3-2-15(22)8-28/h2-3,7,9-11,13-14,16-17,21,23H,4-6,12H2,1H3,(H,32,35)/t14?,16?,17-,21?,23-/m1/s1. The number of nitriles is 1. The highest BCUT2D eigenvalue weighted by Crippen LogP contribution is 2.46. The smallest absolute Gasteiger partial charge is 0.254 e. The Bertz CT molecular complexity index is 1390. The molecule has 182 valence electrons. The minimum atomic E-state index is -0.179. The fourth-order valence-electron chi connectivity index (χ4n) is 5.19. The molecule has 36 heavy (non-hydrogen) atoms. The van der Waals surface area contributed by atoms with E-state index < -0.39 is 0 Å². The van der Waals surface area contributed by atoms with Gasteiger partial charge in [0, 0.05) is 47.7 Å². The average molecular weight is 502 g/mol. The van der Waals surface area contributed by atoms with Crippen molar-refractivity contribution in [1.82, 2.24) is 25.1 Å². The fraction of sp³-hybridized carbons (Fsp3) is 0.385. The van der Waals surface area contributed by atoms with Gasteiger partial charge in [0.05, 0.1) is 29.4 Å². The number of piperidine rings is 1. The van der Waals surface area contributed by atoms with E-state index in [0.29, 0.717) is 34.6 Å². The van der Waals surface area contributed by atoms with Crippen LogP contribution in [0.5, 0.6) is 0 Å². The van der Waals surface area contributed by atoms with Gasteiger partial charge in [-0.15, -0.1) is 0 Å². The lowest BCUT2D eigenvalue weighted by atomic mass is 9.74. The second-order valence-corrected chi connectivity index (χ2v) is 10.4. The zero-order valence-corrected chi connectivity index (χ0v) is 20.4. The third kappa shape index (κ3) is 4.01. The van der Waals surface area contributed by atoms with Gasteiger partial charge in [-0.2, -0.15) is 10.4 Å². The van der Waals surface area contributed by atoms with Crippen molar-refractivity contribution in [2.75, 3.05) is 11.4 Å².